The fraction of sp³-hybridized carbons (Fsp3) is 0.583. The zero-order valence-electron chi connectivity index (χ0n) is 11.1. The summed E-state index contributed by atoms with van der Waals surface area (Å²) in [4.78, 5) is 4.38. The van der Waals surface area contributed by atoms with Crippen LogP contribution in [-0.2, 0) is 20.2 Å². The second kappa shape index (κ2) is 7.67. The van der Waals surface area contributed by atoms with E-state index in [2.05, 4.69) is 4.98 Å². The maximum Gasteiger partial charge on any atom is 0.234 e. The van der Waals surface area contributed by atoms with Crippen LogP contribution in [0.4, 0.5) is 0 Å². The molecule has 1 aromatic heterocycles. The van der Waals surface area contributed by atoms with Gasteiger partial charge in [-0.05, 0) is 25.5 Å². The Labute approximate surface area is 118 Å². The van der Waals surface area contributed by atoms with E-state index in [0.29, 0.717) is 13.2 Å². The number of hydrogen-bond donors (Lipinski definition) is 0. The van der Waals surface area contributed by atoms with E-state index >= 15 is 0 Å². The highest BCUT2D eigenvalue weighted by molar-refractivity contribution is 8.13. The smallest absolute Gasteiger partial charge is 0.234 e. The van der Waals surface area contributed by atoms with E-state index in [1.807, 2.05) is 26.0 Å². The molecule has 0 atom stereocenters. The topological polar surface area (TPSA) is 65.5 Å². The van der Waals surface area contributed by atoms with Gasteiger partial charge in [-0.15, -0.1) is 0 Å². The van der Waals surface area contributed by atoms with Gasteiger partial charge in [0, 0.05) is 16.4 Å². The Balaban J connectivity index is 2.30. The first-order valence-corrected chi connectivity index (χ1v) is 8.49. The average molecular weight is 308 g/mol. The lowest BCUT2D eigenvalue weighted by atomic mass is 10.2. The standard InChI is InChI=1S/C12H18ClNO4S/c1-3-11-12(5-4-10(2)14-11)18-7-6-17-8-9-19(13,15)16/h4-5H,3,6-9H2,1-2H3. The van der Waals surface area contributed by atoms with Crippen molar-refractivity contribution >= 4 is 19.7 Å². The number of halogens is 1. The largest absolute Gasteiger partial charge is 0.489 e. The minimum atomic E-state index is -3.48. The van der Waals surface area contributed by atoms with Gasteiger partial charge in [-0.2, -0.15) is 0 Å². The summed E-state index contributed by atoms with van der Waals surface area (Å²) in [5, 5.41) is 0. The maximum absolute atomic E-state index is 10.6. The van der Waals surface area contributed by atoms with Crippen molar-refractivity contribution in [1.29, 1.82) is 0 Å². The lowest BCUT2D eigenvalue weighted by Gasteiger charge is -2.10. The van der Waals surface area contributed by atoms with Crippen LogP contribution in [-0.4, -0.2) is 39.0 Å². The molecule has 0 aromatic carbocycles. The lowest BCUT2D eigenvalue weighted by Crippen LogP contribution is -2.12. The molecule has 1 aromatic rings. The lowest BCUT2D eigenvalue weighted by molar-refractivity contribution is 0.111. The Hall–Kier alpha value is -0.850. The Morgan fingerprint density at radius 3 is 2.63 bits per heavy atom. The summed E-state index contributed by atoms with van der Waals surface area (Å²) in [6.07, 6.45) is 0.794. The number of rotatable bonds is 8. The SMILES string of the molecule is CCc1nc(C)ccc1OCCOCCS(=O)(=O)Cl. The zero-order chi connectivity index (χ0) is 14.3. The Morgan fingerprint density at radius 1 is 1.26 bits per heavy atom. The number of aryl methyl sites for hydroxylation is 2. The van der Waals surface area contributed by atoms with Crippen molar-refractivity contribution in [3.8, 4) is 5.75 Å². The summed E-state index contributed by atoms with van der Waals surface area (Å²) >= 11 is 0. The molecule has 0 N–H and O–H groups in total. The summed E-state index contributed by atoms with van der Waals surface area (Å²) in [6.45, 7) is 4.67. The summed E-state index contributed by atoms with van der Waals surface area (Å²) in [5.41, 5.74) is 1.86. The van der Waals surface area contributed by atoms with Crippen LogP contribution in [0.15, 0.2) is 12.1 Å². The van der Waals surface area contributed by atoms with Crippen LogP contribution in [0.2, 0.25) is 0 Å². The van der Waals surface area contributed by atoms with Crippen LogP contribution in [0.1, 0.15) is 18.3 Å². The zero-order valence-corrected chi connectivity index (χ0v) is 12.6. The first kappa shape index (κ1) is 16.2. The highest BCUT2D eigenvalue weighted by atomic mass is 35.7. The van der Waals surface area contributed by atoms with Crippen molar-refractivity contribution in [1.82, 2.24) is 4.98 Å². The molecule has 108 valence electrons. The van der Waals surface area contributed by atoms with Gasteiger partial charge in [-0.1, -0.05) is 6.92 Å². The molecular weight excluding hydrogens is 290 g/mol. The van der Waals surface area contributed by atoms with Gasteiger partial charge in [0.15, 0.2) is 0 Å². The van der Waals surface area contributed by atoms with Gasteiger partial charge in [0.25, 0.3) is 0 Å². The molecule has 19 heavy (non-hydrogen) atoms. The first-order valence-electron chi connectivity index (χ1n) is 6.02. The second-order valence-electron chi connectivity index (χ2n) is 3.95. The van der Waals surface area contributed by atoms with Gasteiger partial charge in [-0.3, -0.25) is 4.98 Å². The quantitative estimate of drug-likeness (QED) is 0.542. The van der Waals surface area contributed by atoms with Gasteiger partial charge >= 0.3 is 0 Å². The summed E-state index contributed by atoms with van der Waals surface area (Å²) < 4.78 is 32.0. The third-order valence-electron chi connectivity index (χ3n) is 2.36. The van der Waals surface area contributed by atoms with Crippen LogP contribution in [0.3, 0.4) is 0 Å². The molecule has 0 aliphatic rings. The van der Waals surface area contributed by atoms with Crippen LogP contribution < -0.4 is 4.74 Å². The van der Waals surface area contributed by atoms with Crippen molar-refractivity contribution in [2.45, 2.75) is 20.3 Å². The monoisotopic (exact) mass is 307 g/mol. The third-order valence-corrected chi connectivity index (χ3v) is 3.48. The Bertz CT molecular complexity index is 504. The molecule has 0 saturated carbocycles. The summed E-state index contributed by atoms with van der Waals surface area (Å²) in [7, 11) is 1.57. The molecule has 0 aliphatic heterocycles. The molecule has 0 fully saturated rings. The van der Waals surface area contributed by atoms with Crippen LogP contribution in [0.5, 0.6) is 5.75 Å². The minimum absolute atomic E-state index is 0.0714. The van der Waals surface area contributed by atoms with E-state index in [0.717, 1.165) is 23.6 Å². The first-order chi connectivity index (χ1) is 8.92. The van der Waals surface area contributed by atoms with Gasteiger partial charge in [0.1, 0.15) is 12.4 Å². The molecule has 0 bridgehead atoms. The fourth-order valence-electron chi connectivity index (χ4n) is 1.45. The molecule has 0 saturated heterocycles. The van der Waals surface area contributed by atoms with E-state index in [4.69, 9.17) is 20.2 Å². The average Bonchev–Trinajstić information content (AvgIpc) is 2.33. The molecule has 7 heteroatoms. The predicted octanol–water partition coefficient (Wildman–Crippen LogP) is 1.92. The second-order valence-corrected chi connectivity index (χ2v) is 6.85. The van der Waals surface area contributed by atoms with Crippen molar-refractivity contribution in [3.63, 3.8) is 0 Å². The van der Waals surface area contributed by atoms with Crippen LogP contribution >= 0.6 is 10.7 Å². The van der Waals surface area contributed by atoms with Crippen LogP contribution in [0.25, 0.3) is 0 Å². The van der Waals surface area contributed by atoms with Gasteiger partial charge in [0.05, 0.1) is 24.7 Å². The molecule has 0 unspecified atom stereocenters. The molecule has 0 spiro atoms. The Morgan fingerprint density at radius 2 is 2.00 bits per heavy atom. The summed E-state index contributed by atoms with van der Waals surface area (Å²) in [5.74, 6) is 0.544. The number of pyridine rings is 1. The van der Waals surface area contributed by atoms with Crippen LogP contribution in [0, 0.1) is 6.92 Å². The van der Waals surface area contributed by atoms with E-state index in [1.54, 1.807) is 0 Å². The maximum atomic E-state index is 10.6. The van der Waals surface area contributed by atoms with Crippen molar-refractivity contribution in [2.24, 2.45) is 0 Å². The highest BCUT2D eigenvalue weighted by Gasteiger charge is 2.05. The van der Waals surface area contributed by atoms with Gasteiger partial charge in [0.2, 0.25) is 9.05 Å². The van der Waals surface area contributed by atoms with E-state index < -0.39 is 9.05 Å². The van der Waals surface area contributed by atoms with Crippen molar-refractivity contribution in [2.75, 3.05) is 25.6 Å². The van der Waals surface area contributed by atoms with Crippen molar-refractivity contribution in [3.05, 3.63) is 23.5 Å². The highest BCUT2D eigenvalue weighted by Crippen LogP contribution is 2.17. The molecule has 0 aliphatic carbocycles. The molecular formula is C12H18ClNO4S. The van der Waals surface area contributed by atoms with Gasteiger partial charge in [-0.25, -0.2) is 8.42 Å². The Kier molecular flexibility index (Phi) is 6.54. The van der Waals surface area contributed by atoms with Crippen molar-refractivity contribution < 1.29 is 17.9 Å². The predicted molar refractivity (Wildman–Crippen MR) is 74.3 cm³/mol. The molecule has 0 amide bonds. The number of hydrogen-bond acceptors (Lipinski definition) is 5. The molecule has 1 heterocycles. The van der Waals surface area contributed by atoms with E-state index in [9.17, 15) is 8.42 Å². The fourth-order valence-corrected chi connectivity index (χ4v) is 1.96. The molecule has 1 rings (SSSR count). The summed E-state index contributed by atoms with van der Waals surface area (Å²) in [6, 6.07) is 3.76. The molecule has 5 nitrogen and oxygen atoms in total. The third kappa shape index (κ3) is 6.75. The molecule has 0 radical (unpaired) electrons. The van der Waals surface area contributed by atoms with E-state index in [1.165, 1.54) is 0 Å². The van der Waals surface area contributed by atoms with Gasteiger partial charge < -0.3 is 9.47 Å². The number of ether oxygens (including phenoxy) is 2. The number of nitrogens with zero attached hydrogens (tertiary/aromatic N) is 1. The number of aromatic nitrogens is 1. The minimum Gasteiger partial charge on any atom is -0.489 e. The van der Waals surface area contributed by atoms with E-state index in [-0.39, 0.29) is 12.4 Å². The normalized spacial score (nSPS) is 11.5.